The van der Waals surface area contributed by atoms with Crippen molar-refractivity contribution in [1.82, 2.24) is 4.98 Å². The number of nitrogen functional groups attached to an aromatic ring is 1. The Labute approximate surface area is 125 Å². The number of fused-ring (bicyclic) bond motifs is 1. The maximum atomic E-state index is 5.63. The van der Waals surface area contributed by atoms with Crippen molar-refractivity contribution >= 4 is 39.2 Å². The summed E-state index contributed by atoms with van der Waals surface area (Å²) >= 11 is 2.28. The molecule has 3 nitrogen and oxygen atoms in total. The molecule has 0 atom stereocenters. The quantitative estimate of drug-likeness (QED) is 0.415. The number of hydrazine groups is 1. The van der Waals surface area contributed by atoms with Crippen molar-refractivity contribution in [2.45, 2.75) is 0 Å². The zero-order valence-corrected chi connectivity index (χ0v) is 12.3. The highest BCUT2D eigenvalue weighted by Gasteiger charge is 2.07. The first-order chi connectivity index (χ1) is 9.28. The van der Waals surface area contributed by atoms with Crippen molar-refractivity contribution < 1.29 is 0 Å². The van der Waals surface area contributed by atoms with Gasteiger partial charge in [0.15, 0.2) is 0 Å². The number of aromatic nitrogens is 1. The number of benzene rings is 2. The number of pyridine rings is 1. The standard InChI is InChI=1S/C15H12IN3/c16-11-6-7-13-12(8-11)15(19-17)9-14(18-13)10-4-2-1-3-5-10/h1-9H,17H2,(H,18,19). The molecule has 0 unspecified atom stereocenters. The van der Waals surface area contributed by atoms with Crippen LogP contribution in [-0.2, 0) is 0 Å². The van der Waals surface area contributed by atoms with Crippen LogP contribution in [0, 0.1) is 3.57 Å². The highest BCUT2D eigenvalue weighted by Crippen LogP contribution is 2.28. The number of anilines is 1. The van der Waals surface area contributed by atoms with Crippen LogP contribution in [0.5, 0.6) is 0 Å². The molecule has 3 aromatic rings. The van der Waals surface area contributed by atoms with Crippen LogP contribution in [-0.4, -0.2) is 4.98 Å². The van der Waals surface area contributed by atoms with Gasteiger partial charge in [-0.05, 0) is 46.9 Å². The van der Waals surface area contributed by atoms with Gasteiger partial charge >= 0.3 is 0 Å². The Morgan fingerprint density at radius 1 is 1.00 bits per heavy atom. The summed E-state index contributed by atoms with van der Waals surface area (Å²) in [7, 11) is 0. The van der Waals surface area contributed by atoms with E-state index in [0.29, 0.717) is 0 Å². The maximum absolute atomic E-state index is 5.63. The van der Waals surface area contributed by atoms with E-state index in [4.69, 9.17) is 10.8 Å². The minimum Gasteiger partial charge on any atom is -0.323 e. The van der Waals surface area contributed by atoms with Crippen molar-refractivity contribution in [1.29, 1.82) is 0 Å². The van der Waals surface area contributed by atoms with Crippen LogP contribution >= 0.6 is 22.6 Å². The summed E-state index contributed by atoms with van der Waals surface area (Å²) in [5.74, 6) is 5.63. The minimum atomic E-state index is 0.891. The highest BCUT2D eigenvalue weighted by molar-refractivity contribution is 14.1. The van der Waals surface area contributed by atoms with E-state index >= 15 is 0 Å². The minimum absolute atomic E-state index is 0.891. The molecule has 0 spiro atoms. The van der Waals surface area contributed by atoms with Crippen molar-refractivity contribution in [2.75, 3.05) is 5.43 Å². The zero-order chi connectivity index (χ0) is 13.2. The van der Waals surface area contributed by atoms with Crippen LogP contribution < -0.4 is 11.3 Å². The van der Waals surface area contributed by atoms with Crippen LogP contribution in [0.25, 0.3) is 22.2 Å². The third-order valence-electron chi connectivity index (χ3n) is 3.00. The lowest BCUT2D eigenvalue weighted by Crippen LogP contribution is -2.08. The molecule has 0 radical (unpaired) electrons. The Morgan fingerprint density at radius 2 is 1.79 bits per heavy atom. The molecule has 0 aliphatic carbocycles. The number of hydrogen-bond acceptors (Lipinski definition) is 3. The van der Waals surface area contributed by atoms with Crippen LogP contribution in [0.3, 0.4) is 0 Å². The Bertz CT molecular complexity index is 726. The van der Waals surface area contributed by atoms with Gasteiger partial charge in [-0.15, -0.1) is 0 Å². The number of rotatable bonds is 2. The molecule has 94 valence electrons. The molecule has 0 saturated heterocycles. The molecule has 19 heavy (non-hydrogen) atoms. The average molecular weight is 361 g/mol. The van der Waals surface area contributed by atoms with Gasteiger partial charge in [-0.2, -0.15) is 0 Å². The van der Waals surface area contributed by atoms with Crippen LogP contribution in [0.4, 0.5) is 5.69 Å². The van der Waals surface area contributed by atoms with E-state index in [0.717, 1.165) is 31.4 Å². The average Bonchev–Trinajstić information content (AvgIpc) is 2.47. The fourth-order valence-corrected chi connectivity index (χ4v) is 2.57. The van der Waals surface area contributed by atoms with Crippen molar-refractivity contribution in [3.8, 4) is 11.3 Å². The number of nitrogens with two attached hydrogens (primary N) is 1. The van der Waals surface area contributed by atoms with E-state index in [2.05, 4.69) is 34.1 Å². The molecule has 3 N–H and O–H groups in total. The Balaban J connectivity index is 2.26. The van der Waals surface area contributed by atoms with Crippen LogP contribution in [0.1, 0.15) is 0 Å². The SMILES string of the molecule is NNc1cc(-c2ccccc2)nc2ccc(I)cc12. The molecule has 0 amide bonds. The van der Waals surface area contributed by atoms with E-state index in [1.165, 1.54) is 0 Å². The summed E-state index contributed by atoms with van der Waals surface area (Å²) < 4.78 is 1.16. The normalized spacial score (nSPS) is 10.6. The topological polar surface area (TPSA) is 50.9 Å². The Hall–Kier alpha value is -1.66. The first-order valence-electron chi connectivity index (χ1n) is 5.90. The lowest BCUT2D eigenvalue weighted by atomic mass is 10.1. The number of nitrogens with one attached hydrogen (secondary N) is 1. The second kappa shape index (κ2) is 5.14. The fourth-order valence-electron chi connectivity index (χ4n) is 2.07. The van der Waals surface area contributed by atoms with E-state index < -0.39 is 0 Å². The zero-order valence-electron chi connectivity index (χ0n) is 10.1. The molecule has 0 fully saturated rings. The second-order valence-electron chi connectivity index (χ2n) is 4.23. The Morgan fingerprint density at radius 3 is 2.53 bits per heavy atom. The lowest BCUT2D eigenvalue weighted by Gasteiger charge is -2.09. The first-order valence-corrected chi connectivity index (χ1v) is 6.98. The van der Waals surface area contributed by atoms with Gasteiger partial charge in [-0.25, -0.2) is 4.98 Å². The summed E-state index contributed by atoms with van der Waals surface area (Å²) in [6, 6.07) is 18.2. The molecule has 2 aromatic carbocycles. The van der Waals surface area contributed by atoms with Crippen LogP contribution in [0.2, 0.25) is 0 Å². The highest BCUT2D eigenvalue weighted by atomic mass is 127. The first kappa shape index (κ1) is 12.4. The molecule has 4 heteroatoms. The number of halogens is 1. The van der Waals surface area contributed by atoms with E-state index in [1.54, 1.807) is 0 Å². The van der Waals surface area contributed by atoms with Gasteiger partial charge in [0.25, 0.3) is 0 Å². The van der Waals surface area contributed by atoms with Crippen molar-refractivity contribution in [3.05, 3.63) is 58.2 Å². The van der Waals surface area contributed by atoms with Gasteiger partial charge in [-0.1, -0.05) is 30.3 Å². The smallest absolute Gasteiger partial charge is 0.0731 e. The third kappa shape index (κ3) is 2.41. The third-order valence-corrected chi connectivity index (χ3v) is 3.67. The summed E-state index contributed by atoms with van der Waals surface area (Å²) in [5, 5.41) is 1.04. The van der Waals surface area contributed by atoms with E-state index in [1.807, 2.05) is 48.5 Å². The fraction of sp³-hybridized carbons (Fsp3) is 0. The van der Waals surface area contributed by atoms with Crippen molar-refractivity contribution in [2.24, 2.45) is 5.84 Å². The molecular formula is C15H12IN3. The molecule has 0 bridgehead atoms. The molecular weight excluding hydrogens is 349 g/mol. The summed E-state index contributed by atoms with van der Waals surface area (Å²) in [4.78, 5) is 4.70. The molecule has 3 rings (SSSR count). The molecule has 0 saturated carbocycles. The monoisotopic (exact) mass is 361 g/mol. The molecule has 1 aromatic heterocycles. The summed E-state index contributed by atoms with van der Waals surface area (Å²) in [5.41, 5.74) is 6.60. The molecule has 0 aliphatic rings. The van der Waals surface area contributed by atoms with E-state index in [-0.39, 0.29) is 0 Å². The Kier molecular flexibility index (Phi) is 3.35. The maximum Gasteiger partial charge on any atom is 0.0731 e. The molecule has 1 heterocycles. The van der Waals surface area contributed by atoms with Crippen molar-refractivity contribution in [3.63, 3.8) is 0 Å². The van der Waals surface area contributed by atoms with Gasteiger partial charge < -0.3 is 5.43 Å². The van der Waals surface area contributed by atoms with Gasteiger partial charge in [0, 0.05) is 14.5 Å². The predicted molar refractivity (Wildman–Crippen MR) is 87.7 cm³/mol. The second-order valence-corrected chi connectivity index (χ2v) is 5.47. The van der Waals surface area contributed by atoms with Crippen LogP contribution in [0.15, 0.2) is 54.6 Å². The summed E-state index contributed by atoms with van der Waals surface area (Å²) in [6.07, 6.45) is 0. The van der Waals surface area contributed by atoms with Gasteiger partial charge in [-0.3, -0.25) is 5.84 Å². The van der Waals surface area contributed by atoms with E-state index in [9.17, 15) is 0 Å². The predicted octanol–water partition coefficient (Wildman–Crippen LogP) is 3.79. The lowest BCUT2D eigenvalue weighted by molar-refractivity contribution is 1.33. The number of nitrogens with zero attached hydrogens (tertiary/aromatic N) is 1. The largest absolute Gasteiger partial charge is 0.323 e. The number of hydrogen-bond donors (Lipinski definition) is 2. The summed E-state index contributed by atoms with van der Waals surface area (Å²) in [6.45, 7) is 0. The van der Waals surface area contributed by atoms with Gasteiger partial charge in [0.1, 0.15) is 0 Å². The van der Waals surface area contributed by atoms with Gasteiger partial charge in [0.05, 0.1) is 16.9 Å². The molecule has 0 aliphatic heterocycles. The van der Waals surface area contributed by atoms with Gasteiger partial charge in [0.2, 0.25) is 0 Å².